The number of hydrogen-bond donors (Lipinski definition) is 3. The SMILES string of the molecule is CC(C)(C)OCCOCCOCCOCCOCCOCCOCCOCCOCCO.O=S(=O)(O)O. The maximum Gasteiger partial charge on any atom is 0.394 e. The molecule has 0 unspecified atom stereocenters. The Morgan fingerprint density at radius 2 is 0.649 bits per heavy atom. The largest absolute Gasteiger partial charge is 0.394 e. The number of hydrogen-bond acceptors (Lipinski definition) is 12. The molecule has 15 heteroatoms. The molecule has 0 spiro atoms. The Balaban J connectivity index is 0. The summed E-state index contributed by atoms with van der Waals surface area (Å²) in [6.07, 6.45) is 0. The second-order valence-electron chi connectivity index (χ2n) is 8.03. The van der Waals surface area contributed by atoms with E-state index in [2.05, 4.69) is 0 Å². The predicted octanol–water partition coefficient (Wildman–Crippen LogP) is 0.274. The van der Waals surface area contributed by atoms with Crippen molar-refractivity contribution in [3.8, 4) is 0 Å². The van der Waals surface area contributed by atoms with Gasteiger partial charge < -0.3 is 47.7 Å². The molecule has 0 atom stereocenters. The third-order valence-electron chi connectivity index (χ3n) is 3.60. The Morgan fingerprint density at radius 1 is 0.459 bits per heavy atom. The molecular formula is C22H48O14S. The quantitative estimate of drug-likeness (QED) is 0.0956. The van der Waals surface area contributed by atoms with E-state index < -0.39 is 10.4 Å². The fraction of sp³-hybridized carbons (Fsp3) is 1.00. The van der Waals surface area contributed by atoms with Gasteiger partial charge in [-0.15, -0.1) is 0 Å². The smallest absolute Gasteiger partial charge is 0.394 e. The molecule has 0 saturated heterocycles. The number of aliphatic hydroxyl groups excluding tert-OH is 1. The Morgan fingerprint density at radius 3 is 0.838 bits per heavy atom. The summed E-state index contributed by atoms with van der Waals surface area (Å²) in [7, 11) is -4.67. The zero-order chi connectivity index (χ0) is 28.1. The van der Waals surface area contributed by atoms with Crippen LogP contribution in [0.25, 0.3) is 0 Å². The maximum atomic E-state index is 8.74. The zero-order valence-electron chi connectivity index (χ0n) is 22.5. The van der Waals surface area contributed by atoms with Gasteiger partial charge in [0.25, 0.3) is 0 Å². The lowest BCUT2D eigenvalue weighted by Gasteiger charge is -2.19. The van der Waals surface area contributed by atoms with Gasteiger partial charge in [-0.3, -0.25) is 9.11 Å². The van der Waals surface area contributed by atoms with Crippen LogP contribution in [0.4, 0.5) is 0 Å². The third kappa shape index (κ3) is 49.0. The first-order valence-corrected chi connectivity index (χ1v) is 13.5. The van der Waals surface area contributed by atoms with Gasteiger partial charge >= 0.3 is 10.4 Å². The fourth-order valence-corrected chi connectivity index (χ4v) is 2.11. The van der Waals surface area contributed by atoms with Crippen LogP contribution in [0.2, 0.25) is 0 Å². The minimum atomic E-state index is -4.67. The lowest BCUT2D eigenvalue weighted by atomic mass is 10.2. The van der Waals surface area contributed by atoms with Crippen LogP contribution < -0.4 is 0 Å². The van der Waals surface area contributed by atoms with Crippen LogP contribution >= 0.6 is 0 Å². The van der Waals surface area contributed by atoms with E-state index in [4.69, 9.17) is 65.3 Å². The molecule has 0 heterocycles. The molecule has 0 amide bonds. The second-order valence-corrected chi connectivity index (χ2v) is 8.93. The first-order chi connectivity index (χ1) is 17.6. The van der Waals surface area contributed by atoms with E-state index in [1.807, 2.05) is 20.8 Å². The van der Waals surface area contributed by atoms with E-state index in [0.717, 1.165) is 0 Å². The molecule has 0 radical (unpaired) electrons. The van der Waals surface area contributed by atoms with Gasteiger partial charge in [0.1, 0.15) is 0 Å². The van der Waals surface area contributed by atoms with Crippen molar-refractivity contribution in [1.82, 2.24) is 0 Å². The first-order valence-electron chi connectivity index (χ1n) is 12.1. The molecule has 0 saturated carbocycles. The average Bonchev–Trinajstić information content (AvgIpc) is 2.79. The van der Waals surface area contributed by atoms with E-state index in [1.54, 1.807) is 0 Å². The van der Waals surface area contributed by atoms with Crippen LogP contribution in [0.15, 0.2) is 0 Å². The van der Waals surface area contributed by atoms with Crippen molar-refractivity contribution in [3.05, 3.63) is 0 Å². The van der Waals surface area contributed by atoms with Gasteiger partial charge in [0.05, 0.1) is 125 Å². The molecular weight excluding hydrogens is 520 g/mol. The second kappa shape index (κ2) is 28.5. The Labute approximate surface area is 221 Å². The van der Waals surface area contributed by atoms with Gasteiger partial charge in [-0.25, -0.2) is 0 Å². The Kier molecular flexibility index (Phi) is 29.7. The lowest BCUT2D eigenvalue weighted by Crippen LogP contribution is -2.22. The van der Waals surface area contributed by atoms with Crippen LogP contribution in [-0.2, 0) is 53.0 Å². The monoisotopic (exact) mass is 568 g/mol. The summed E-state index contributed by atoms with van der Waals surface area (Å²) in [6, 6.07) is 0. The molecule has 0 aromatic rings. The molecule has 0 aliphatic carbocycles. The molecule has 37 heavy (non-hydrogen) atoms. The van der Waals surface area contributed by atoms with Crippen molar-refractivity contribution in [2.45, 2.75) is 26.4 Å². The van der Waals surface area contributed by atoms with E-state index in [1.165, 1.54) is 0 Å². The van der Waals surface area contributed by atoms with Crippen LogP contribution in [0.3, 0.4) is 0 Å². The van der Waals surface area contributed by atoms with Crippen LogP contribution in [0, 0.1) is 0 Å². The van der Waals surface area contributed by atoms with Crippen LogP contribution in [0.1, 0.15) is 20.8 Å². The van der Waals surface area contributed by atoms with Crippen molar-refractivity contribution in [2.24, 2.45) is 0 Å². The molecule has 226 valence electrons. The Bertz CT molecular complexity index is 534. The van der Waals surface area contributed by atoms with Crippen LogP contribution in [-0.4, -0.2) is 147 Å². The summed E-state index contributed by atoms with van der Waals surface area (Å²) in [5.74, 6) is 0. The van der Waals surface area contributed by atoms with Gasteiger partial charge in [-0.05, 0) is 20.8 Å². The molecule has 0 fully saturated rings. The summed E-state index contributed by atoms with van der Waals surface area (Å²) in [5, 5.41) is 8.54. The van der Waals surface area contributed by atoms with Crippen LogP contribution in [0.5, 0.6) is 0 Å². The average molecular weight is 569 g/mol. The number of ether oxygens (including phenoxy) is 9. The van der Waals surface area contributed by atoms with Crippen molar-refractivity contribution in [1.29, 1.82) is 0 Å². The lowest BCUT2D eigenvalue weighted by molar-refractivity contribution is -0.0467. The normalized spacial score (nSPS) is 11.9. The van der Waals surface area contributed by atoms with Crippen molar-refractivity contribution < 1.29 is 65.3 Å². The fourth-order valence-electron chi connectivity index (χ4n) is 2.11. The highest BCUT2D eigenvalue weighted by Gasteiger charge is 2.08. The third-order valence-corrected chi connectivity index (χ3v) is 3.60. The summed E-state index contributed by atoms with van der Waals surface area (Å²) >= 11 is 0. The van der Waals surface area contributed by atoms with Crippen molar-refractivity contribution in [2.75, 3.05) is 119 Å². The topological polar surface area (TPSA) is 178 Å². The Hall–Kier alpha value is -0.530. The van der Waals surface area contributed by atoms with E-state index in [9.17, 15) is 0 Å². The summed E-state index contributed by atoms with van der Waals surface area (Å²) in [5.41, 5.74) is -0.127. The molecule has 0 bridgehead atoms. The summed E-state index contributed by atoms with van der Waals surface area (Å²) in [4.78, 5) is 0. The first kappa shape index (κ1) is 38.6. The zero-order valence-corrected chi connectivity index (χ0v) is 23.3. The van der Waals surface area contributed by atoms with Gasteiger partial charge in [-0.2, -0.15) is 8.42 Å². The van der Waals surface area contributed by atoms with E-state index in [0.29, 0.717) is 112 Å². The summed E-state index contributed by atoms with van der Waals surface area (Å²) in [6.45, 7) is 14.9. The summed E-state index contributed by atoms with van der Waals surface area (Å²) < 4.78 is 80.0. The van der Waals surface area contributed by atoms with Gasteiger partial charge in [0, 0.05) is 0 Å². The minimum absolute atomic E-state index is 0.0314. The maximum absolute atomic E-state index is 8.74. The molecule has 0 aliphatic heterocycles. The molecule has 3 N–H and O–H groups in total. The number of aliphatic hydroxyl groups is 1. The molecule has 0 aromatic carbocycles. The van der Waals surface area contributed by atoms with E-state index >= 15 is 0 Å². The molecule has 0 aromatic heterocycles. The van der Waals surface area contributed by atoms with Crippen molar-refractivity contribution in [3.63, 3.8) is 0 Å². The molecule has 0 aliphatic rings. The highest BCUT2D eigenvalue weighted by molar-refractivity contribution is 7.79. The standard InChI is InChI=1S/C22H46O10.H2O4S/c1-22(2,3)32-21-20-31-19-18-30-17-16-29-15-14-28-13-12-27-11-10-26-9-8-25-7-6-24-5-4-23;1-5(2,3)4/h23H,4-21H2,1-3H3;(H2,1,2,3,4). The highest BCUT2D eigenvalue weighted by atomic mass is 32.3. The van der Waals surface area contributed by atoms with Gasteiger partial charge in [0.2, 0.25) is 0 Å². The van der Waals surface area contributed by atoms with Crippen molar-refractivity contribution >= 4 is 10.4 Å². The van der Waals surface area contributed by atoms with Gasteiger partial charge in [0.15, 0.2) is 0 Å². The highest BCUT2D eigenvalue weighted by Crippen LogP contribution is 2.05. The molecule has 14 nitrogen and oxygen atoms in total. The molecule has 0 rings (SSSR count). The minimum Gasteiger partial charge on any atom is -0.394 e. The van der Waals surface area contributed by atoms with E-state index in [-0.39, 0.29) is 12.2 Å². The number of rotatable bonds is 26. The predicted molar refractivity (Wildman–Crippen MR) is 134 cm³/mol. The van der Waals surface area contributed by atoms with Gasteiger partial charge in [-0.1, -0.05) is 0 Å².